The Kier molecular flexibility index (Phi) is 10.0. The number of amides is 1. The molecular weight excluding hydrogens is 414 g/mol. The summed E-state index contributed by atoms with van der Waals surface area (Å²) in [5.41, 5.74) is 12.2. The van der Waals surface area contributed by atoms with Gasteiger partial charge in [0.15, 0.2) is 0 Å². The van der Waals surface area contributed by atoms with E-state index in [4.69, 9.17) is 20.9 Å². The van der Waals surface area contributed by atoms with Crippen molar-refractivity contribution < 1.29 is 24.2 Å². The molecule has 0 fully saturated rings. The SMILES string of the molecule is NC(N)=NN=CCCc1cccc(OCC[C@H](NC(=O)OCc2ccccc2)C(=O)O)c1. The number of aryl methyl sites for hydroxylation is 1. The molecule has 1 atom stereocenters. The number of nitrogens with zero attached hydrogens (tertiary/aromatic N) is 2. The van der Waals surface area contributed by atoms with E-state index in [-0.39, 0.29) is 25.6 Å². The van der Waals surface area contributed by atoms with Crippen molar-refractivity contribution in [1.29, 1.82) is 0 Å². The maximum absolute atomic E-state index is 11.9. The molecule has 0 bridgehead atoms. The molecule has 0 saturated heterocycles. The molecule has 0 aliphatic rings. The van der Waals surface area contributed by atoms with Gasteiger partial charge in [-0.2, -0.15) is 5.10 Å². The largest absolute Gasteiger partial charge is 0.493 e. The molecule has 2 rings (SSSR count). The van der Waals surface area contributed by atoms with E-state index in [9.17, 15) is 14.7 Å². The number of rotatable bonds is 12. The molecular formula is C22H27N5O5. The van der Waals surface area contributed by atoms with Crippen LogP contribution in [0.25, 0.3) is 0 Å². The van der Waals surface area contributed by atoms with Crippen molar-refractivity contribution in [3.05, 3.63) is 65.7 Å². The molecule has 2 aromatic rings. The van der Waals surface area contributed by atoms with Crippen molar-refractivity contribution in [2.24, 2.45) is 21.7 Å². The fraction of sp³-hybridized carbons (Fsp3) is 0.273. The van der Waals surface area contributed by atoms with E-state index in [1.165, 1.54) is 0 Å². The van der Waals surface area contributed by atoms with Crippen molar-refractivity contribution in [3.63, 3.8) is 0 Å². The number of aliphatic carboxylic acids is 1. The van der Waals surface area contributed by atoms with Crippen LogP contribution in [0, 0.1) is 0 Å². The molecule has 2 aromatic carbocycles. The van der Waals surface area contributed by atoms with Crippen LogP contribution >= 0.6 is 0 Å². The van der Waals surface area contributed by atoms with E-state index >= 15 is 0 Å². The molecule has 1 amide bonds. The maximum Gasteiger partial charge on any atom is 0.408 e. The number of guanidine groups is 1. The smallest absolute Gasteiger partial charge is 0.408 e. The van der Waals surface area contributed by atoms with Gasteiger partial charge < -0.3 is 31.4 Å². The minimum absolute atomic E-state index is 0.0545. The zero-order valence-corrected chi connectivity index (χ0v) is 17.5. The van der Waals surface area contributed by atoms with Crippen LogP contribution in [-0.2, 0) is 22.6 Å². The van der Waals surface area contributed by atoms with E-state index in [1.54, 1.807) is 24.4 Å². The number of ether oxygens (including phenoxy) is 2. The molecule has 0 saturated carbocycles. The summed E-state index contributed by atoms with van der Waals surface area (Å²) in [6, 6.07) is 15.4. The van der Waals surface area contributed by atoms with Crippen LogP contribution in [-0.4, -0.2) is 42.0 Å². The summed E-state index contributed by atoms with van der Waals surface area (Å²) >= 11 is 0. The molecule has 0 aliphatic carbocycles. The average molecular weight is 441 g/mol. The highest BCUT2D eigenvalue weighted by Crippen LogP contribution is 2.15. The van der Waals surface area contributed by atoms with Crippen LogP contribution in [0.4, 0.5) is 4.79 Å². The lowest BCUT2D eigenvalue weighted by atomic mass is 10.1. The third-order valence-electron chi connectivity index (χ3n) is 4.19. The first-order valence-corrected chi connectivity index (χ1v) is 9.96. The van der Waals surface area contributed by atoms with Gasteiger partial charge in [-0.1, -0.05) is 42.5 Å². The fourth-order valence-electron chi connectivity index (χ4n) is 2.65. The van der Waals surface area contributed by atoms with Gasteiger partial charge in [0, 0.05) is 12.6 Å². The lowest BCUT2D eigenvalue weighted by Crippen LogP contribution is -2.42. The summed E-state index contributed by atoms with van der Waals surface area (Å²) in [5, 5.41) is 19.0. The van der Waals surface area contributed by atoms with E-state index in [1.807, 2.05) is 36.4 Å². The second-order valence-corrected chi connectivity index (χ2v) is 6.74. The van der Waals surface area contributed by atoms with Crippen LogP contribution in [0.5, 0.6) is 5.75 Å². The molecule has 0 spiro atoms. The monoisotopic (exact) mass is 441 g/mol. The molecule has 0 radical (unpaired) electrons. The Bertz CT molecular complexity index is 929. The van der Waals surface area contributed by atoms with E-state index in [2.05, 4.69) is 15.5 Å². The van der Waals surface area contributed by atoms with Crippen LogP contribution in [0.1, 0.15) is 24.0 Å². The van der Waals surface area contributed by atoms with Crippen molar-refractivity contribution in [1.82, 2.24) is 5.32 Å². The van der Waals surface area contributed by atoms with Crippen LogP contribution in [0.3, 0.4) is 0 Å². The van der Waals surface area contributed by atoms with Gasteiger partial charge in [0.05, 0.1) is 6.61 Å². The third-order valence-corrected chi connectivity index (χ3v) is 4.19. The quantitative estimate of drug-likeness (QED) is 0.222. The summed E-state index contributed by atoms with van der Waals surface area (Å²) < 4.78 is 10.7. The molecule has 170 valence electrons. The summed E-state index contributed by atoms with van der Waals surface area (Å²) in [6.07, 6.45) is 2.22. The third kappa shape index (κ3) is 9.61. The molecule has 10 nitrogen and oxygen atoms in total. The Balaban J connectivity index is 1.76. The predicted molar refractivity (Wildman–Crippen MR) is 120 cm³/mol. The molecule has 10 heteroatoms. The summed E-state index contributed by atoms with van der Waals surface area (Å²) in [4.78, 5) is 23.4. The Morgan fingerprint density at radius 3 is 2.56 bits per heavy atom. The standard InChI is InChI=1S/C22H27N5O5/c23-21(24)27-25-12-5-9-16-8-4-10-18(14-16)31-13-11-19(20(28)29)26-22(30)32-15-17-6-2-1-3-7-17/h1-4,6-8,10,12,14,19H,5,9,11,13,15H2,(H,26,30)(H,28,29)(H4,23,24,27)/t19-/m0/s1. The van der Waals surface area contributed by atoms with Crippen LogP contribution in [0.15, 0.2) is 64.8 Å². The Labute approximate surface area is 185 Å². The average Bonchev–Trinajstić information content (AvgIpc) is 2.77. The van der Waals surface area contributed by atoms with Gasteiger partial charge >= 0.3 is 12.1 Å². The summed E-state index contributed by atoms with van der Waals surface area (Å²) in [6.45, 7) is 0.157. The molecule has 32 heavy (non-hydrogen) atoms. The van der Waals surface area contributed by atoms with Gasteiger partial charge in [0.1, 0.15) is 18.4 Å². The number of carbonyl (C=O) groups is 2. The first-order chi connectivity index (χ1) is 15.4. The number of nitrogens with one attached hydrogen (secondary N) is 1. The number of hydrogen-bond acceptors (Lipinski definition) is 6. The minimum Gasteiger partial charge on any atom is -0.493 e. The van der Waals surface area contributed by atoms with Gasteiger partial charge in [0.25, 0.3) is 0 Å². The molecule has 0 unspecified atom stereocenters. The molecule has 0 aliphatic heterocycles. The summed E-state index contributed by atoms with van der Waals surface area (Å²) in [5.74, 6) is -0.672. The molecule has 0 heterocycles. The highest BCUT2D eigenvalue weighted by molar-refractivity contribution is 5.79. The lowest BCUT2D eigenvalue weighted by Gasteiger charge is -2.15. The molecule has 0 aromatic heterocycles. The number of carboxylic acids is 1. The zero-order chi connectivity index (χ0) is 23.2. The second-order valence-electron chi connectivity index (χ2n) is 6.74. The van der Waals surface area contributed by atoms with Crippen LogP contribution in [0.2, 0.25) is 0 Å². The Hall–Kier alpha value is -4.08. The van der Waals surface area contributed by atoms with Gasteiger partial charge in [-0.25, -0.2) is 9.59 Å². The van der Waals surface area contributed by atoms with Gasteiger partial charge in [-0.15, -0.1) is 5.10 Å². The van der Waals surface area contributed by atoms with E-state index in [0.29, 0.717) is 18.6 Å². The Morgan fingerprint density at radius 1 is 1.09 bits per heavy atom. The van der Waals surface area contributed by atoms with Crippen LogP contribution < -0.4 is 21.5 Å². The van der Waals surface area contributed by atoms with Gasteiger partial charge in [-0.3, -0.25) is 0 Å². The number of nitrogens with two attached hydrogens (primary N) is 2. The number of carbonyl (C=O) groups excluding carboxylic acids is 1. The van der Waals surface area contributed by atoms with Crippen molar-refractivity contribution in [3.8, 4) is 5.75 Å². The van der Waals surface area contributed by atoms with Crippen molar-refractivity contribution in [2.45, 2.75) is 31.9 Å². The highest BCUT2D eigenvalue weighted by atomic mass is 16.5. The zero-order valence-electron chi connectivity index (χ0n) is 17.5. The van der Waals surface area contributed by atoms with E-state index < -0.39 is 18.1 Å². The number of benzene rings is 2. The first kappa shape index (κ1) is 24.2. The van der Waals surface area contributed by atoms with Gasteiger partial charge in [0.2, 0.25) is 5.96 Å². The fourth-order valence-corrected chi connectivity index (χ4v) is 2.65. The summed E-state index contributed by atoms with van der Waals surface area (Å²) in [7, 11) is 0. The predicted octanol–water partition coefficient (Wildman–Crippen LogP) is 2.03. The maximum atomic E-state index is 11.9. The van der Waals surface area contributed by atoms with Crippen molar-refractivity contribution in [2.75, 3.05) is 6.61 Å². The highest BCUT2D eigenvalue weighted by Gasteiger charge is 2.20. The number of hydrogen-bond donors (Lipinski definition) is 4. The first-order valence-electron chi connectivity index (χ1n) is 9.96. The lowest BCUT2D eigenvalue weighted by molar-refractivity contribution is -0.139. The molecule has 6 N–H and O–H groups in total. The normalized spacial score (nSPS) is 11.5. The van der Waals surface area contributed by atoms with Crippen molar-refractivity contribution >= 4 is 24.2 Å². The van der Waals surface area contributed by atoms with Gasteiger partial charge in [-0.05, 0) is 36.1 Å². The Morgan fingerprint density at radius 2 is 1.84 bits per heavy atom. The second kappa shape index (κ2) is 13.3. The number of carboxylic acid groups (broad SMARTS) is 1. The van der Waals surface area contributed by atoms with E-state index in [0.717, 1.165) is 11.1 Å². The number of alkyl carbamates (subject to hydrolysis) is 1. The topological polar surface area (TPSA) is 162 Å². The minimum atomic E-state index is -1.17.